The molecule has 18 heavy (non-hydrogen) atoms. The lowest BCUT2D eigenvalue weighted by Crippen LogP contribution is -2.31. The molecule has 0 radical (unpaired) electrons. The van der Waals surface area contributed by atoms with Crippen molar-refractivity contribution in [3.63, 3.8) is 0 Å². The van der Waals surface area contributed by atoms with E-state index in [2.05, 4.69) is 0 Å². The van der Waals surface area contributed by atoms with E-state index < -0.39 is 17.1 Å². The molecule has 0 atom stereocenters. The van der Waals surface area contributed by atoms with Crippen LogP contribution in [0.15, 0.2) is 34.0 Å². The highest BCUT2D eigenvalue weighted by molar-refractivity contribution is 6.30. The van der Waals surface area contributed by atoms with Gasteiger partial charge in [-0.1, -0.05) is 17.7 Å². The Balaban J connectivity index is 2.43. The van der Waals surface area contributed by atoms with Crippen LogP contribution >= 0.6 is 11.6 Å². The molecule has 0 aliphatic rings. The third-order valence-corrected chi connectivity index (χ3v) is 2.65. The first kappa shape index (κ1) is 12.4. The first-order chi connectivity index (χ1) is 8.47. The topological polar surface area (TPSA) is 80.9 Å². The highest BCUT2D eigenvalue weighted by atomic mass is 35.5. The van der Waals surface area contributed by atoms with E-state index >= 15 is 0 Å². The summed E-state index contributed by atoms with van der Waals surface area (Å²) in [5.74, 6) is -1.03. The van der Waals surface area contributed by atoms with Crippen molar-refractivity contribution in [3.8, 4) is 0 Å². The Morgan fingerprint density at radius 2 is 2.11 bits per heavy atom. The minimum Gasteiger partial charge on any atom is -0.398 e. The summed E-state index contributed by atoms with van der Waals surface area (Å²) in [6, 6.07) is 4.78. The van der Waals surface area contributed by atoms with Crippen LogP contribution in [0.5, 0.6) is 0 Å². The molecule has 0 bridgehead atoms. The minimum absolute atomic E-state index is 0.0511. The summed E-state index contributed by atoms with van der Waals surface area (Å²) in [6.07, 6.45) is 0.842. The molecule has 1 aromatic carbocycles. The predicted molar refractivity (Wildman–Crippen MR) is 66.2 cm³/mol. The maximum Gasteiger partial charge on any atom is 0.328 e. The fourth-order valence-corrected chi connectivity index (χ4v) is 1.67. The number of aromatic nitrogens is 2. The summed E-state index contributed by atoms with van der Waals surface area (Å²) >= 11 is 5.74. The van der Waals surface area contributed by atoms with Gasteiger partial charge in [0.2, 0.25) is 5.82 Å². The van der Waals surface area contributed by atoms with E-state index in [1.54, 1.807) is 12.1 Å². The van der Waals surface area contributed by atoms with Crippen LogP contribution in [0.1, 0.15) is 5.56 Å². The van der Waals surface area contributed by atoms with Crippen molar-refractivity contribution in [1.82, 2.24) is 9.55 Å². The third-order valence-electron chi connectivity index (χ3n) is 2.42. The largest absolute Gasteiger partial charge is 0.398 e. The second kappa shape index (κ2) is 4.66. The molecule has 0 aliphatic heterocycles. The second-order valence-corrected chi connectivity index (χ2v) is 4.14. The number of H-pyrrole nitrogens is 1. The fourth-order valence-electron chi connectivity index (χ4n) is 1.49. The lowest BCUT2D eigenvalue weighted by atomic mass is 10.2. The van der Waals surface area contributed by atoms with Crippen LogP contribution in [0.3, 0.4) is 0 Å². The van der Waals surface area contributed by atoms with Crippen LogP contribution in [0.4, 0.5) is 10.1 Å². The van der Waals surface area contributed by atoms with Gasteiger partial charge in [0.15, 0.2) is 0 Å². The average Bonchev–Trinajstić information content (AvgIpc) is 2.29. The van der Waals surface area contributed by atoms with Gasteiger partial charge in [0.05, 0.1) is 12.7 Å². The van der Waals surface area contributed by atoms with Crippen LogP contribution in [-0.4, -0.2) is 9.55 Å². The lowest BCUT2D eigenvalue weighted by Gasteiger charge is -2.08. The van der Waals surface area contributed by atoms with E-state index in [4.69, 9.17) is 17.3 Å². The number of hydrogen-bond acceptors (Lipinski definition) is 3. The molecule has 0 fully saturated rings. The van der Waals surface area contributed by atoms with Crippen LogP contribution in [0, 0.1) is 5.82 Å². The number of nitrogens with one attached hydrogen (secondary N) is 1. The number of nitrogens with two attached hydrogens (primary N) is 1. The zero-order chi connectivity index (χ0) is 13.3. The Labute approximate surface area is 106 Å². The molecule has 2 aromatic rings. The first-order valence-electron chi connectivity index (χ1n) is 5.00. The van der Waals surface area contributed by atoms with Gasteiger partial charge < -0.3 is 5.73 Å². The van der Waals surface area contributed by atoms with Crippen molar-refractivity contribution in [2.45, 2.75) is 6.54 Å². The highest BCUT2D eigenvalue weighted by Gasteiger charge is 2.06. The van der Waals surface area contributed by atoms with Crippen molar-refractivity contribution in [1.29, 1.82) is 0 Å². The van der Waals surface area contributed by atoms with Crippen LogP contribution in [0.25, 0.3) is 0 Å². The summed E-state index contributed by atoms with van der Waals surface area (Å²) in [5, 5.41) is 0.469. The van der Waals surface area contributed by atoms with E-state index in [1.807, 2.05) is 4.98 Å². The van der Waals surface area contributed by atoms with E-state index in [-0.39, 0.29) is 6.54 Å². The van der Waals surface area contributed by atoms with Gasteiger partial charge in [0.25, 0.3) is 5.56 Å². The third kappa shape index (κ3) is 2.43. The van der Waals surface area contributed by atoms with Gasteiger partial charge in [0, 0.05) is 10.7 Å². The maximum absolute atomic E-state index is 13.1. The van der Waals surface area contributed by atoms with Gasteiger partial charge in [-0.3, -0.25) is 14.3 Å². The van der Waals surface area contributed by atoms with Crippen molar-refractivity contribution in [2.75, 3.05) is 5.73 Å². The Kier molecular flexibility index (Phi) is 3.20. The molecule has 7 heteroatoms. The summed E-state index contributed by atoms with van der Waals surface area (Å²) in [7, 11) is 0. The van der Waals surface area contributed by atoms with Gasteiger partial charge in [0.1, 0.15) is 0 Å². The standard InChI is InChI=1S/C11H9ClFN3O2/c12-7-2-1-6(9(14)3-7)4-16-5-8(13)10(17)15-11(16)18/h1-3,5H,4,14H2,(H,15,17,18). The SMILES string of the molecule is Nc1cc(Cl)ccc1Cn1cc(F)c(=O)[nH]c1=O. The zero-order valence-corrected chi connectivity index (χ0v) is 9.87. The Morgan fingerprint density at radius 1 is 1.39 bits per heavy atom. The van der Waals surface area contributed by atoms with Gasteiger partial charge in [-0.2, -0.15) is 4.39 Å². The number of nitrogens with zero attached hydrogens (tertiary/aromatic N) is 1. The van der Waals surface area contributed by atoms with Gasteiger partial charge in [-0.05, 0) is 17.7 Å². The number of benzene rings is 1. The van der Waals surface area contributed by atoms with Crippen molar-refractivity contribution in [2.24, 2.45) is 0 Å². The van der Waals surface area contributed by atoms with E-state index in [0.717, 1.165) is 10.8 Å². The zero-order valence-electron chi connectivity index (χ0n) is 9.11. The number of rotatable bonds is 2. The number of hydrogen-bond donors (Lipinski definition) is 2. The van der Waals surface area contributed by atoms with Gasteiger partial charge in [-0.15, -0.1) is 0 Å². The Morgan fingerprint density at radius 3 is 2.78 bits per heavy atom. The van der Waals surface area contributed by atoms with Gasteiger partial charge in [-0.25, -0.2) is 4.79 Å². The summed E-state index contributed by atoms with van der Waals surface area (Å²) in [6.45, 7) is 0.0511. The molecule has 0 aliphatic carbocycles. The summed E-state index contributed by atoms with van der Waals surface area (Å²) in [4.78, 5) is 24.2. The normalized spacial score (nSPS) is 10.6. The molecule has 0 unspecified atom stereocenters. The monoisotopic (exact) mass is 269 g/mol. The molecule has 5 nitrogen and oxygen atoms in total. The molecule has 0 amide bonds. The number of aromatic amines is 1. The van der Waals surface area contributed by atoms with Crippen molar-refractivity contribution < 1.29 is 4.39 Å². The highest BCUT2D eigenvalue weighted by Crippen LogP contribution is 2.18. The summed E-state index contributed by atoms with van der Waals surface area (Å²) < 4.78 is 14.1. The maximum atomic E-state index is 13.1. The molecule has 94 valence electrons. The molecule has 3 N–H and O–H groups in total. The molecule has 1 heterocycles. The number of nitrogen functional groups attached to an aromatic ring is 1. The van der Waals surface area contributed by atoms with Crippen molar-refractivity contribution in [3.05, 3.63) is 61.6 Å². The number of halogens is 2. The first-order valence-corrected chi connectivity index (χ1v) is 5.38. The van der Waals surface area contributed by atoms with Gasteiger partial charge >= 0.3 is 5.69 Å². The van der Waals surface area contributed by atoms with Crippen LogP contribution < -0.4 is 17.0 Å². The van der Waals surface area contributed by atoms with Crippen LogP contribution in [0.2, 0.25) is 5.02 Å². The van der Waals surface area contributed by atoms with Crippen LogP contribution in [-0.2, 0) is 6.54 Å². The van der Waals surface area contributed by atoms with E-state index in [1.165, 1.54) is 6.07 Å². The molecule has 2 rings (SSSR count). The Hall–Kier alpha value is -2.08. The second-order valence-electron chi connectivity index (χ2n) is 3.71. The quantitative estimate of drug-likeness (QED) is 0.797. The molecule has 1 aromatic heterocycles. The Bertz CT molecular complexity index is 708. The fraction of sp³-hybridized carbons (Fsp3) is 0.0909. The van der Waals surface area contributed by atoms with Crippen molar-refractivity contribution >= 4 is 17.3 Å². The minimum atomic E-state index is -1.04. The molecular weight excluding hydrogens is 261 g/mol. The summed E-state index contributed by atoms with van der Waals surface area (Å²) in [5.41, 5.74) is 4.98. The lowest BCUT2D eigenvalue weighted by molar-refractivity contribution is 0.566. The number of anilines is 1. The molecule has 0 saturated carbocycles. The molecule has 0 spiro atoms. The average molecular weight is 270 g/mol. The molecule has 0 saturated heterocycles. The predicted octanol–water partition coefficient (Wildman–Crippen LogP) is 0.960. The smallest absolute Gasteiger partial charge is 0.328 e. The van der Waals surface area contributed by atoms with E-state index in [9.17, 15) is 14.0 Å². The van der Waals surface area contributed by atoms with E-state index in [0.29, 0.717) is 16.3 Å². The molecular formula is C11H9ClFN3O2.